The maximum atomic E-state index is 5.95. The molecular weight excluding hydrogens is 304 g/mol. The number of nitrogens with one attached hydrogen (secondary N) is 2. The molecule has 2 N–H and O–H groups in total. The van der Waals surface area contributed by atoms with Gasteiger partial charge in [0.05, 0.1) is 12.8 Å². The molecule has 0 bridgehead atoms. The topological polar surface area (TPSA) is 33.3 Å². The number of halogens is 1. The molecule has 2 aromatic carbocycles. The minimum atomic E-state index is 0.571. The average molecular weight is 321 g/mol. The number of ether oxygens (including phenoxy) is 1. The standard InChI is InChI=1S/C16H17ClN2OS/c1-20-15-8-3-2-7-14(15)19-16(21)18-10-9-12-5-4-6-13(17)11-12/h2-8,11H,9-10H2,1H3,(H2,18,19,21). The van der Waals surface area contributed by atoms with Crippen LogP contribution in [0.5, 0.6) is 5.75 Å². The number of thiocarbonyl (C=S) groups is 1. The smallest absolute Gasteiger partial charge is 0.170 e. The molecule has 110 valence electrons. The van der Waals surface area contributed by atoms with Gasteiger partial charge in [-0.2, -0.15) is 0 Å². The highest BCUT2D eigenvalue weighted by Crippen LogP contribution is 2.22. The predicted octanol–water partition coefficient (Wildman–Crippen LogP) is 3.88. The zero-order chi connectivity index (χ0) is 15.1. The SMILES string of the molecule is COc1ccccc1NC(=S)NCCc1cccc(Cl)c1. The second kappa shape index (κ2) is 7.86. The van der Waals surface area contributed by atoms with Gasteiger partial charge in [-0.15, -0.1) is 0 Å². The molecule has 0 amide bonds. The Labute approximate surface area is 135 Å². The second-order valence-corrected chi connectivity index (χ2v) is 5.31. The van der Waals surface area contributed by atoms with Crippen LogP contribution in [-0.4, -0.2) is 18.8 Å². The van der Waals surface area contributed by atoms with Crippen LogP contribution in [0.3, 0.4) is 0 Å². The maximum Gasteiger partial charge on any atom is 0.170 e. The van der Waals surface area contributed by atoms with Crippen LogP contribution < -0.4 is 15.4 Å². The number of hydrogen-bond donors (Lipinski definition) is 2. The molecule has 0 unspecified atom stereocenters. The molecule has 0 fully saturated rings. The summed E-state index contributed by atoms with van der Waals surface area (Å²) in [5.74, 6) is 0.761. The molecule has 0 saturated carbocycles. The van der Waals surface area contributed by atoms with Crippen molar-refractivity contribution in [2.75, 3.05) is 19.0 Å². The van der Waals surface area contributed by atoms with Gasteiger partial charge in [-0.25, -0.2) is 0 Å². The van der Waals surface area contributed by atoms with Crippen molar-refractivity contribution in [3.8, 4) is 5.75 Å². The summed E-state index contributed by atoms with van der Waals surface area (Å²) < 4.78 is 5.27. The van der Waals surface area contributed by atoms with Gasteiger partial charge in [-0.3, -0.25) is 0 Å². The fourth-order valence-electron chi connectivity index (χ4n) is 1.93. The summed E-state index contributed by atoms with van der Waals surface area (Å²) in [6.45, 7) is 0.737. The minimum absolute atomic E-state index is 0.571. The van der Waals surface area contributed by atoms with Crippen molar-refractivity contribution in [2.24, 2.45) is 0 Å². The Kier molecular flexibility index (Phi) is 5.84. The number of hydrogen-bond acceptors (Lipinski definition) is 2. The van der Waals surface area contributed by atoms with Crippen molar-refractivity contribution in [3.05, 3.63) is 59.1 Å². The Balaban J connectivity index is 1.82. The summed E-state index contributed by atoms with van der Waals surface area (Å²) in [4.78, 5) is 0. The second-order valence-electron chi connectivity index (χ2n) is 4.46. The molecule has 21 heavy (non-hydrogen) atoms. The van der Waals surface area contributed by atoms with Crippen molar-refractivity contribution in [3.63, 3.8) is 0 Å². The molecule has 0 aliphatic rings. The molecule has 5 heteroatoms. The maximum absolute atomic E-state index is 5.95. The van der Waals surface area contributed by atoms with E-state index in [1.165, 1.54) is 5.56 Å². The number of anilines is 1. The van der Waals surface area contributed by atoms with Gasteiger partial charge in [0, 0.05) is 11.6 Å². The molecular formula is C16H17ClN2OS. The zero-order valence-corrected chi connectivity index (χ0v) is 13.3. The van der Waals surface area contributed by atoms with E-state index >= 15 is 0 Å². The van der Waals surface area contributed by atoms with Gasteiger partial charge in [0.1, 0.15) is 5.75 Å². The Morgan fingerprint density at radius 3 is 2.76 bits per heavy atom. The lowest BCUT2D eigenvalue weighted by molar-refractivity contribution is 0.417. The van der Waals surface area contributed by atoms with Crippen molar-refractivity contribution in [1.29, 1.82) is 0 Å². The summed E-state index contributed by atoms with van der Waals surface area (Å²) in [5.41, 5.74) is 2.02. The minimum Gasteiger partial charge on any atom is -0.495 e. The van der Waals surface area contributed by atoms with Crippen molar-refractivity contribution in [2.45, 2.75) is 6.42 Å². The van der Waals surface area contributed by atoms with Crippen LogP contribution in [0.1, 0.15) is 5.56 Å². The van der Waals surface area contributed by atoms with Crippen LogP contribution in [0.4, 0.5) is 5.69 Å². The Morgan fingerprint density at radius 1 is 1.19 bits per heavy atom. The first kappa shape index (κ1) is 15.6. The molecule has 0 radical (unpaired) electrons. The van der Waals surface area contributed by atoms with Crippen molar-refractivity contribution >= 4 is 34.6 Å². The van der Waals surface area contributed by atoms with Crippen LogP contribution in [0.15, 0.2) is 48.5 Å². The predicted molar refractivity (Wildman–Crippen MR) is 92.4 cm³/mol. The first-order valence-corrected chi connectivity index (χ1v) is 7.40. The first-order chi connectivity index (χ1) is 10.2. The lowest BCUT2D eigenvalue weighted by Crippen LogP contribution is -2.30. The molecule has 0 heterocycles. The number of benzene rings is 2. The molecule has 3 nitrogen and oxygen atoms in total. The highest BCUT2D eigenvalue weighted by molar-refractivity contribution is 7.80. The monoisotopic (exact) mass is 320 g/mol. The molecule has 0 aromatic heterocycles. The van der Waals surface area contributed by atoms with E-state index in [0.29, 0.717) is 5.11 Å². The van der Waals surface area contributed by atoms with E-state index in [9.17, 15) is 0 Å². The van der Waals surface area contributed by atoms with Crippen LogP contribution in [0.25, 0.3) is 0 Å². The zero-order valence-electron chi connectivity index (χ0n) is 11.7. The lowest BCUT2D eigenvalue weighted by atomic mass is 10.1. The number of rotatable bonds is 5. The van der Waals surface area contributed by atoms with E-state index in [1.807, 2.05) is 48.5 Å². The van der Waals surface area contributed by atoms with Gasteiger partial charge in [-0.05, 0) is 48.5 Å². The van der Waals surface area contributed by atoms with Gasteiger partial charge in [0.15, 0.2) is 5.11 Å². The molecule has 2 rings (SSSR count). The van der Waals surface area contributed by atoms with Crippen LogP contribution in [0.2, 0.25) is 5.02 Å². The number of methoxy groups -OCH3 is 1. The lowest BCUT2D eigenvalue weighted by Gasteiger charge is -2.13. The average Bonchev–Trinajstić information content (AvgIpc) is 2.48. The van der Waals surface area contributed by atoms with Gasteiger partial charge in [-0.1, -0.05) is 35.9 Å². The third-order valence-corrected chi connectivity index (χ3v) is 3.42. The van der Waals surface area contributed by atoms with Gasteiger partial charge < -0.3 is 15.4 Å². The summed E-state index contributed by atoms with van der Waals surface area (Å²) >= 11 is 11.2. The van der Waals surface area contributed by atoms with E-state index in [2.05, 4.69) is 10.6 Å². The molecule has 2 aromatic rings. The van der Waals surface area contributed by atoms with E-state index in [-0.39, 0.29) is 0 Å². The third-order valence-electron chi connectivity index (χ3n) is 2.94. The first-order valence-electron chi connectivity index (χ1n) is 6.61. The normalized spacial score (nSPS) is 10.0. The van der Waals surface area contributed by atoms with Crippen LogP contribution >= 0.6 is 23.8 Å². The van der Waals surface area contributed by atoms with E-state index in [0.717, 1.165) is 29.4 Å². The van der Waals surface area contributed by atoms with Gasteiger partial charge in [0.2, 0.25) is 0 Å². The molecule has 0 aliphatic carbocycles. The highest BCUT2D eigenvalue weighted by Gasteiger charge is 2.03. The highest BCUT2D eigenvalue weighted by atomic mass is 35.5. The Morgan fingerprint density at radius 2 is 2.00 bits per heavy atom. The van der Waals surface area contributed by atoms with E-state index in [4.69, 9.17) is 28.6 Å². The van der Waals surface area contributed by atoms with E-state index < -0.39 is 0 Å². The Hall–Kier alpha value is -1.78. The number of para-hydroxylation sites is 2. The molecule has 0 atom stereocenters. The van der Waals surface area contributed by atoms with Crippen LogP contribution in [-0.2, 0) is 6.42 Å². The summed E-state index contributed by atoms with van der Waals surface area (Å²) in [6.07, 6.45) is 0.855. The van der Waals surface area contributed by atoms with Gasteiger partial charge in [0.25, 0.3) is 0 Å². The van der Waals surface area contributed by atoms with E-state index in [1.54, 1.807) is 7.11 Å². The van der Waals surface area contributed by atoms with Gasteiger partial charge >= 0.3 is 0 Å². The summed E-state index contributed by atoms with van der Waals surface area (Å²) in [6, 6.07) is 15.5. The van der Waals surface area contributed by atoms with Crippen LogP contribution in [0, 0.1) is 0 Å². The third kappa shape index (κ3) is 4.92. The fraction of sp³-hybridized carbons (Fsp3) is 0.188. The Bertz CT molecular complexity index is 619. The molecule has 0 aliphatic heterocycles. The molecule has 0 spiro atoms. The molecule has 0 saturated heterocycles. The van der Waals surface area contributed by atoms with Crippen molar-refractivity contribution < 1.29 is 4.74 Å². The van der Waals surface area contributed by atoms with Crippen molar-refractivity contribution in [1.82, 2.24) is 5.32 Å². The quantitative estimate of drug-likeness (QED) is 0.819. The summed E-state index contributed by atoms with van der Waals surface area (Å²) in [5, 5.41) is 7.62. The summed E-state index contributed by atoms with van der Waals surface area (Å²) in [7, 11) is 1.64. The fourth-order valence-corrected chi connectivity index (χ4v) is 2.35. The largest absolute Gasteiger partial charge is 0.495 e.